The number of fused-ring (bicyclic) bond motifs is 1. The van der Waals surface area contributed by atoms with Gasteiger partial charge in [0.1, 0.15) is 0 Å². The lowest BCUT2D eigenvalue weighted by Gasteiger charge is -2.20. The first kappa shape index (κ1) is 15.7. The molecule has 1 aromatic carbocycles. The standard InChI is InChI=1S/C14H14BrNO5/c1-2-21-11(18)6-8(17)7-16-12-9(13(19)14(16)20)4-3-5-10(12)15/h3-5,8,17H,2,6-7H2,1H3. The van der Waals surface area contributed by atoms with Crippen LogP contribution in [0.2, 0.25) is 0 Å². The lowest BCUT2D eigenvalue weighted by molar-refractivity contribution is -0.145. The van der Waals surface area contributed by atoms with Gasteiger partial charge in [-0.05, 0) is 35.0 Å². The second kappa shape index (κ2) is 6.36. The van der Waals surface area contributed by atoms with Crippen LogP contribution in [0.4, 0.5) is 5.69 Å². The Morgan fingerprint density at radius 2 is 2.14 bits per heavy atom. The number of carbonyl (C=O) groups excluding carboxylic acids is 3. The number of hydrogen-bond donors (Lipinski definition) is 1. The van der Waals surface area contributed by atoms with Crippen molar-refractivity contribution in [2.24, 2.45) is 0 Å². The van der Waals surface area contributed by atoms with Crippen molar-refractivity contribution in [1.29, 1.82) is 0 Å². The SMILES string of the molecule is CCOC(=O)CC(O)CN1C(=O)C(=O)c2cccc(Br)c21. The zero-order valence-corrected chi connectivity index (χ0v) is 12.9. The van der Waals surface area contributed by atoms with Crippen molar-refractivity contribution in [3.05, 3.63) is 28.2 Å². The number of rotatable bonds is 5. The van der Waals surface area contributed by atoms with Crippen LogP contribution in [-0.4, -0.2) is 42.0 Å². The Balaban J connectivity index is 2.16. The lowest BCUT2D eigenvalue weighted by atomic mass is 10.1. The first-order chi connectivity index (χ1) is 9.95. The van der Waals surface area contributed by atoms with Crippen molar-refractivity contribution in [2.75, 3.05) is 18.1 Å². The predicted octanol–water partition coefficient (Wildman–Crippen LogP) is 1.29. The van der Waals surface area contributed by atoms with Crippen LogP contribution in [0, 0.1) is 0 Å². The minimum absolute atomic E-state index is 0.140. The van der Waals surface area contributed by atoms with Crippen molar-refractivity contribution < 1.29 is 24.2 Å². The van der Waals surface area contributed by atoms with Gasteiger partial charge in [0, 0.05) is 4.47 Å². The molecule has 1 aliphatic rings. The van der Waals surface area contributed by atoms with Gasteiger partial charge >= 0.3 is 5.97 Å². The fraction of sp³-hybridized carbons (Fsp3) is 0.357. The number of amides is 1. The minimum Gasteiger partial charge on any atom is -0.466 e. The molecule has 1 unspecified atom stereocenters. The second-order valence-corrected chi connectivity index (χ2v) is 5.40. The van der Waals surface area contributed by atoms with E-state index in [0.717, 1.165) is 0 Å². The Kier molecular flexibility index (Phi) is 4.74. The van der Waals surface area contributed by atoms with E-state index < -0.39 is 23.8 Å². The zero-order valence-electron chi connectivity index (χ0n) is 11.3. The number of ether oxygens (including phenoxy) is 1. The molecule has 112 valence electrons. The molecule has 0 saturated carbocycles. The highest BCUT2D eigenvalue weighted by Crippen LogP contribution is 2.36. The van der Waals surface area contributed by atoms with E-state index in [2.05, 4.69) is 15.9 Å². The van der Waals surface area contributed by atoms with Crippen LogP contribution >= 0.6 is 15.9 Å². The summed E-state index contributed by atoms with van der Waals surface area (Å²) in [5.41, 5.74) is 0.716. The van der Waals surface area contributed by atoms with E-state index in [0.29, 0.717) is 10.2 Å². The normalized spacial score (nSPS) is 15.1. The van der Waals surface area contributed by atoms with Gasteiger partial charge in [-0.2, -0.15) is 0 Å². The summed E-state index contributed by atoms with van der Waals surface area (Å²) in [6, 6.07) is 4.92. The molecule has 0 fully saturated rings. The number of ketones is 1. The topological polar surface area (TPSA) is 83.9 Å². The summed E-state index contributed by atoms with van der Waals surface area (Å²) in [7, 11) is 0. The van der Waals surface area contributed by atoms with Crippen LogP contribution < -0.4 is 4.90 Å². The molecule has 2 rings (SSSR count). The molecule has 0 aliphatic carbocycles. The number of esters is 1. The maximum atomic E-state index is 12.0. The Hall–Kier alpha value is -1.73. The predicted molar refractivity (Wildman–Crippen MR) is 78.1 cm³/mol. The van der Waals surface area contributed by atoms with E-state index >= 15 is 0 Å². The van der Waals surface area contributed by atoms with E-state index in [1.165, 1.54) is 4.90 Å². The Morgan fingerprint density at radius 3 is 2.81 bits per heavy atom. The fourth-order valence-electron chi connectivity index (χ4n) is 2.17. The number of anilines is 1. The van der Waals surface area contributed by atoms with E-state index in [9.17, 15) is 19.5 Å². The third kappa shape index (κ3) is 3.14. The van der Waals surface area contributed by atoms with Gasteiger partial charge in [-0.1, -0.05) is 6.07 Å². The Morgan fingerprint density at radius 1 is 1.43 bits per heavy atom. The molecule has 1 atom stereocenters. The minimum atomic E-state index is -1.10. The van der Waals surface area contributed by atoms with Gasteiger partial charge in [0.05, 0.1) is 36.9 Å². The maximum absolute atomic E-state index is 12.0. The van der Waals surface area contributed by atoms with Crippen molar-refractivity contribution >= 4 is 39.3 Å². The first-order valence-corrected chi connectivity index (χ1v) is 7.23. The van der Waals surface area contributed by atoms with Crippen molar-refractivity contribution in [1.82, 2.24) is 0 Å². The number of para-hydroxylation sites is 1. The van der Waals surface area contributed by atoms with Crippen LogP contribution in [0.25, 0.3) is 0 Å². The number of aliphatic hydroxyl groups excluding tert-OH is 1. The molecule has 1 heterocycles. The summed E-state index contributed by atoms with van der Waals surface area (Å²) < 4.78 is 5.33. The van der Waals surface area contributed by atoms with Crippen molar-refractivity contribution in [2.45, 2.75) is 19.4 Å². The summed E-state index contributed by atoms with van der Waals surface area (Å²) in [5, 5.41) is 9.91. The molecule has 1 aromatic rings. The number of Topliss-reactive ketones (excluding diaryl/α,β-unsaturated/α-hetero) is 1. The number of β-amino-alcohol motifs (C(OH)–C–C–N with tert-alkyl or cyclic N) is 1. The van der Waals surface area contributed by atoms with Crippen LogP contribution in [0.3, 0.4) is 0 Å². The fourth-order valence-corrected chi connectivity index (χ4v) is 2.75. The van der Waals surface area contributed by atoms with E-state index in [4.69, 9.17) is 4.74 Å². The number of benzene rings is 1. The molecule has 0 radical (unpaired) electrons. The summed E-state index contributed by atoms with van der Waals surface area (Å²) in [5.74, 6) is -1.87. The van der Waals surface area contributed by atoms with Crippen LogP contribution in [-0.2, 0) is 14.3 Å². The van der Waals surface area contributed by atoms with Gasteiger partial charge in [0.15, 0.2) is 0 Å². The van der Waals surface area contributed by atoms with Crippen LogP contribution in [0.5, 0.6) is 0 Å². The first-order valence-electron chi connectivity index (χ1n) is 6.44. The van der Waals surface area contributed by atoms with E-state index in [1.54, 1.807) is 25.1 Å². The van der Waals surface area contributed by atoms with Gasteiger partial charge in [-0.25, -0.2) is 0 Å². The third-order valence-corrected chi connectivity index (χ3v) is 3.68. The highest BCUT2D eigenvalue weighted by molar-refractivity contribution is 9.10. The quantitative estimate of drug-likeness (QED) is 0.635. The van der Waals surface area contributed by atoms with Crippen molar-refractivity contribution in [3.63, 3.8) is 0 Å². The molecule has 0 saturated heterocycles. The average Bonchev–Trinajstić information content (AvgIpc) is 2.65. The molecule has 1 N–H and O–H groups in total. The summed E-state index contributed by atoms with van der Waals surface area (Å²) >= 11 is 3.29. The van der Waals surface area contributed by atoms with Gasteiger partial charge in [0.25, 0.3) is 11.7 Å². The van der Waals surface area contributed by atoms with Crippen LogP contribution in [0.1, 0.15) is 23.7 Å². The molecule has 6 nitrogen and oxygen atoms in total. The van der Waals surface area contributed by atoms with Gasteiger partial charge < -0.3 is 14.7 Å². The van der Waals surface area contributed by atoms with E-state index in [1.807, 2.05) is 0 Å². The van der Waals surface area contributed by atoms with Gasteiger partial charge in [-0.15, -0.1) is 0 Å². The van der Waals surface area contributed by atoms with Gasteiger partial charge in [0.2, 0.25) is 0 Å². The number of nitrogens with zero attached hydrogens (tertiary/aromatic N) is 1. The molecule has 0 aromatic heterocycles. The summed E-state index contributed by atoms with van der Waals surface area (Å²) in [6.45, 7) is 1.75. The Bertz CT molecular complexity index is 601. The van der Waals surface area contributed by atoms with Crippen LogP contribution in [0.15, 0.2) is 22.7 Å². The Labute approximate surface area is 129 Å². The highest BCUT2D eigenvalue weighted by Gasteiger charge is 2.38. The maximum Gasteiger partial charge on any atom is 0.308 e. The molecule has 21 heavy (non-hydrogen) atoms. The summed E-state index contributed by atoms with van der Waals surface area (Å²) in [6.07, 6.45) is -1.33. The molecule has 7 heteroatoms. The molecular weight excluding hydrogens is 342 g/mol. The highest BCUT2D eigenvalue weighted by atomic mass is 79.9. The average molecular weight is 356 g/mol. The largest absolute Gasteiger partial charge is 0.466 e. The number of halogens is 1. The molecule has 0 bridgehead atoms. The third-order valence-electron chi connectivity index (χ3n) is 3.04. The monoisotopic (exact) mass is 355 g/mol. The van der Waals surface area contributed by atoms with E-state index in [-0.39, 0.29) is 25.1 Å². The summed E-state index contributed by atoms with van der Waals surface area (Å²) in [4.78, 5) is 36.4. The second-order valence-electron chi connectivity index (χ2n) is 4.54. The molecular formula is C14H14BrNO5. The number of aliphatic hydroxyl groups is 1. The zero-order chi connectivity index (χ0) is 15.6. The van der Waals surface area contributed by atoms with Gasteiger partial charge in [-0.3, -0.25) is 14.4 Å². The van der Waals surface area contributed by atoms with Crippen molar-refractivity contribution in [3.8, 4) is 0 Å². The lowest BCUT2D eigenvalue weighted by Crippen LogP contribution is -2.37. The molecule has 1 aliphatic heterocycles. The number of hydrogen-bond acceptors (Lipinski definition) is 5. The number of carbonyl (C=O) groups is 3. The molecule has 0 spiro atoms. The molecule has 1 amide bonds. The smallest absolute Gasteiger partial charge is 0.308 e.